The molecule has 7 heteroatoms. The third kappa shape index (κ3) is 3.88. The molecule has 1 fully saturated rings. The molecular formula is C21H24ClNO5. The molecule has 2 atom stereocenters. The summed E-state index contributed by atoms with van der Waals surface area (Å²) in [6, 6.07) is 9.93. The molecule has 150 valence electrons. The highest BCUT2D eigenvalue weighted by Gasteiger charge is 2.39. The van der Waals surface area contributed by atoms with E-state index in [1.54, 1.807) is 39.5 Å². The Labute approximate surface area is 169 Å². The van der Waals surface area contributed by atoms with Gasteiger partial charge >= 0.3 is 5.97 Å². The highest BCUT2D eigenvalue weighted by atomic mass is 35.5. The van der Waals surface area contributed by atoms with Crippen LogP contribution in [0.1, 0.15) is 30.0 Å². The van der Waals surface area contributed by atoms with Crippen LogP contribution in [0.5, 0.6) is 17.2 Å². The second-order valence-corrected chi connectivity index (χ2v) is 7.07. The number of nitrogens with zero attached hydrogens (tertiary/aromatic N) is 1. The lowest BCUT2D eigenvalue weighted by atomic mass is 9.94. The Morgan fingerprint density at radius 2 is 1.82 bits per heavy atom. The number of aliphatic carboxylic acids is 1. The van der Waals surface area contributed by atoms with Crippen LogP contribution in [0.2, 0.25) is 5.02 Å². The van der Waals surface area contributed by atoms with Gasteiger partial charge in [-0.1, -0.05) is 11.6 Å². The summed E-state index contributed by atoms with van der Waals surface area (Å²) in [5.74, 6) is 1.08. The van der Waals surface area contributed by atoms with Crippen molar-refractivity contribution >= 4 is 17.6 Å². The van der Waals surface area contributed by atoms with Crippen molar-refractivity contribution in [2.24, 2.45) is 0 Å². The van der Waals surface area contributed by atoms with Crippen molar-refractivity contribution in [2.75, 3.05) is 27.9 Å². The average molecular weight is 406 g/mol. The Balaban J connectivity index is 2.21. The number of carboxylic acid groups (broad SMARTS) is 1. The summed E-state index contributed by atoms with van der Waals surface area (Å²) in [7, 11) is 4.77. The van der Waals surface area contributed by atoms with E-state index in [2.05, 4.69) is 0 Å². The summed E-state index contributed by atoms with van der Waals surface area (Å²) in [5.41, 5.74) is 1.63. The normalized spacial score (nSPS) is 17.9. The summed E-state index contributed by atoms with van der Waals surface area (Å²) in [5, 5.41) is 10.3. The van der Waals surface area contributed by atoms with Crippen LogP contribution in [0.3, 0.4) is 0 Å². The van der Waals surface area contributed by atoms with Crippen molar-refractivity contribution in [2.45, 2.75) is 24.9 Å². The fourth-order valence-electron chi connectivity index (χ4n) is 3.85. The number of likely N-dealkylation sites (tertiary alicyclic amines) is 1. The summed E-state index contributed by atoms with van der Waals surface area (Å²) >= 11 is 6.29. The van der Waals surface area contributed by atoms with Crippen molar-refractivity contribution in [3.05, 3.63) is 52.5 Å². The first-order valence-electron chi connectivity index (χ1n) is 9.04. The van der Waals surface area contributed by atoms with Crippen molar-refractivity contribution in [1.29, 1.82) is 0 Å². The lowest BCUT2D eigenvalue weighted by Crippen LogP contribution is -2.39. The number of halogens is 1. The van der Waals surface area contributed by atoms with Gasteiger partial charge < -0.3 is 19.3 Å². The summed E-state index contributed by atoms with van der Waals surface area (Å²) in [4.78, 5) is 13.9. The molecule has 3 rings (SSSR count). The maximum atomic E-state index is 11.9. The minimum atomic E-state index is -0.837. The standard InChI is InChI=1S/C21H24ClNO5/c1-26-14-7-8-15(19(12-14)28-3)20(23-10-4-5-17(23)21(24)25)16-11-13(22)6-9-18(16)27-2/h6-9,11-12,17,20H,4-5,10H2,1-3H3,(H,24,25). The Bertz CT molecular complexity index is 857. The molecule has 0 aliphatic carbocycles. The van der Waals surface area contributed by atoms with E-state index in [1.807, 2.05) is 23.1 Å². The molecule has 1 aliphatic heterocycles. The molecule has 0 radical (unpaired) electrons. The summed E-state index contributed by atoms with van der Waals surface area (Å²) < 4.78 is 16.5. The minimum Gasteiger partial charge on any atom is -0.497 e. The number of hydrogen-bond acceptors (Lipinski definition) is 5. The van der Waals surface area contributed by atoms with Gasteiger partial charge in [-0.25, -0.2) is 0 Å². The second-order valence-electron chi connectivity index (χ2n) is 6.63. The van der Waals surface area contributed by atoms with Gasteiger partial charge in [-0.15, -0.1) is 0 Å². The van der Waals surface area contributed by atoms with E-state index in [1.165, 1.54) is 0 Å². The highest BCUT2D eigenvalue weighted by molar-refractivity contribution is 6.30. The Kier molecular flexibility index (Phi) is 6.31. The van der Waals surface area contributed by atoms with E-state index < -0.39 is 18.1 Å². The molecule has 0 spiro atoms. The zero-order valence-corrected chi connectivity index (χ0v) is 16.9. The number of rotatable bonds is 7. The van der Waals surface area contributed by atoms with Crippen LogP contribution in [0.15, 0.2) is 36.4 Å². The SMILES string of the molecule is COc1ccc(C(c2cc(Cl)ccc2OC)N2CCCC2C(=O)O)c(OC)c1. The molecule has 2 unspecified atom stereocenters. The molecule has 28 heavy (non-hydrogen) atoms. The maximum absolute atomic E-state index is 11.9. The zero-order chi connectivity index (χ0) is 20.3. The molecule has 1 saturated heterocycles. The topological polar surface area (TPSA) is 68.2 Å². The van der Waals surface area contributed by atoms with E-state index in [9.17, 15) is 9.90 Å². The molecule has 0 saturated carbocycles. The highest BCUT2D eigenvalue weighted by Crippen LogP contribution is 2.43. The van der Waals surface area contributed by atoms with Crippen molar-refractivity contribution in [1.82, 2.24) is 4.90 Å². The third-order valence-electron chi connectivity index (χ3n) is 5.13. The quantitative estimate of drug-likeness (QED) is 0.750. The van der Waals surface area contributed by atoms with Crippen LogP contribution in [0, 0.1) is 0 Å². The van der Waals surface area contributed by atoms with Crippen LogP contribution in [-0.2, 0) is 4.79 Å². The average Bonchev–Trinajstić information content (AvgIpc) is 3.18. The Morgan fingerprint density at radius 3 is 2.46 bits per heavy atom. The Morgan fingerprint density at radius 1 is 1.07 bits per heavy atom. The van der Waals surface area contributed by atoms with Crippen LogP contribution in [-0.4, -0.2) is 49.9 Å². The van der Waals surface area contributed by atoms with E-state index >= 15 is 0 Å². The number of carboxylic acids is 1. The smallest absolute Gasteiger partial charge is 0.320 e. The van der Waals surface area contributed by atoms with Gasteiger partial charge in [0.25, 0.3) is 0 Å². The molecular weight excluding hydrogens is 382 g/mol. The molecule has 6 nitrogen and oxygen atoms in total. The predicted octanol–water partition coefficient (Wildman–Crippen LogP) is 4.00. The number of carbonyl (C=O) groups is 1. The second kappa shape index (κ2) is 8.71. The molecule has 1 heterocycles. The summed E-state index contributed by atoms with van der Waals surface area (Å²) in [6.45, 7) is 0.645. The van der Waals surface area contributed by atoms with Gasteiger partial charge in [0.2, 0.25) is 0 Å². The first kappa shape index (κ1) is 20.3. The lowest BCUT2D eigenvalue weighted by molar-refractivity contribution is -0.142. The van der Waals surface area contributed by atoms with Gasteiger partial charge in [-0.3, -0.25) is 9.69 Å². The number of methoxy groups -OCH3 is 3. The molecule has 0 bridgehead atoms. The van der Waals surface area contributed by atoms with Gasteiger partial charge in [0.05, 0.1) is 27.4 Å². The third-order valence-corrected chi connectivity index (χ3v) is 5.37. The van der Waals surface area contributed by atoms with Gasteiger partial charge in [0, 0.05) is 28.8 Å². The van der Waals surface area contributed by atoms with Gasteiger partial charge in [0.15, 0.2) is 0 Å². The van der Waals surface area contributed by atoms with Crippen molar-refractivity contribution in [3.63, 3.8) is 0 Å². The zero-order valence-electron chi connectivity index (χ0n) is 16.1. The van der Waals surface area contributed by atoms with Gasteiger partial charge in [-0.2, -0.15) is 0 Å². The van der Waals surface area contributed by atoms with E-state index in [0.29, 0.717) is 35.2 Å². The van der Waals surface area contributed by atoms with Crippen LogP contribution in [0.25, 0.3) is 0 Å². The van der Waals surface area contributed by atoms with Crippen LogP contribution in [0.4, 0.5) is 0 Å². The first-order valence-corrected chi connectivity index (χ1v) is 9.41. The van der Waals surface area contributed by atoms with Gasteiger partial charge in [-0.05, 0) is 43.2 Å². The lowest BCUT2D eigenvalue weighted by Gasteiger charge is -2.33. The number of ether oxygens (including phenoxy) is 3. The largest absolute Gasteiger partial charge is 0.497 e. The summed E-state index contributed by atoms with van der Waals surface area (Å²) in [6.07, 6.45) is 1.39. The number of hydrogen-bond donors (Lipinski definition) is 1. The van der Waals surface area contributed by atoms with Crippen molar-refractivity contribution < 1.29 is 24.1 Å². The van der Waals surface area contributed by atoms with E-state index in [4.69, 9.17) is 25.8 Å². The fraction of sp³-hybridized carbons (Fsp3) is 0.381. The molecule has 1 N–H and O–H groups in total. The Hall–Kier alpha value is -2.44. The van der Waals surface area contributed by atoms with Gasteiger partial charge in [0.1, 0.15) is 23.3 Å². The van der Waals surface area contributed by atoms with Crippen LogP contribution >= 0.6 is 11.6 Å². The predicted molar refractivity (Wildman–Crippen MR) is 107 cm³/mol. The molecule has 1 aliphatic rings. The first-order chi connectivity index (χ1) is 13.5. The van der Waals surface area contributed by atoms with E-state index in [-0.39, 0.29) is 0 Å². The maximum Gasteiger partial charge on any atom is 0.320 e. The minimum absolute atomic E-state index is 0.391. The molecule has 0 aromatic heterocycles. The monoisotopic (exact) mass is 405 g/mol. The fourth-order valence-corrected chi connectivity index (χ4v) is 4.03. The van der Waals surface area contributed by atoms with E-state index in [0.717, 1.165) is 17.5 Å². The number of benzene rings is 2. The van der Waals surface area contributed by atoms with Crippen molar-refractivity contribution in [3.8, 4) is 17.2 Å². The molecule has 2 aromatic carbocycles. The molecule has 2 aromatic rings. The van der Waals surface area contributed by atoms with Crippen LogP contribution < -0.4 is 14.2 Å². The molecule has 0 amide bonds.